The highest BCUT2D eigenvalue weighted by molar-refractivity contribution is 5.96. The van der Waals surface area contributed by atoms with Gasteiger partial charge in [-0.1, -0.05) is 12.1 Å². The number of alkyl halides is 6. The summed E-state index contributed by atoms with van der Waals surface area (Å²) >= 11 is 0. The van der Waals surface area contributed by atoms with Crippen molar-refractivity contribution in [3.05, 3.63) is 54.1 Å². The molecule has 0 bridgehead atoms. The Labute approximate surface area is 236 Å². The first-order valence-corrected chi connectivity index (χ1v) is 12.7. The van der Waals surface area contributed by atoms with Gasteiger partial charge < -0.3 is 25.0 Å². The topological polar surface area (TPSA) is 114 Å². The Balaban J connectivity index is 0.000000616. The van der Waals surface area contributed by atoms with Gasteiger partial charge in [0.1, 0.15) is 11.8 Å². The maximum Gasteiger partial charge on any atom is 0.573 e. The van der Waals surface area contributed by atoms with Gasteiger partial charge in [0.05, 0.1) is 6.54 Å². The lowest BCUT2D eigenvalue weighted by Gasteiger charge is -2.35. The van der Waals surface area contributed by atoms with Gasteiger partial charge >= 0.3 is 18.5 Å². The average Bonchev–Trinajstić information content (AvgIpc) is 2.90. The molecule has 2 fully saturated rings. The van der Waals surface area contributed by atoms with E-state index in [1.54, 1.807) is 0 Å². The van der Waals surface area contributed by atoms with Crippen LogP contribution in [-0.2, 0) is 20.9 Å². The van der Waals surface area contributed by atoms with Crippen LogP contribution in [-0.4, -0.2) is 84.6 Å². The number of aliphatic carboxylic acids is 1. The molecule has 0 aromatic heterocycles. The number of anilines is 2. The van der Waals surface area contributed by atoms with Gasteiger partial charge in [-0.3, -0.25) is 14.6 Å². The highest BCUT2D eigenvalue weighted by atomic mass is 19.4. The molecule has 2 saturated heterocycles. The van der Waals surface area contributed by atoms with Crippen molar-refractivity contribution < 1.29 is 50.6 Å². The second-order valence-electron chi connectivity index (χ2n) is 9.52. The largest absolute Gasteiger partial charge is 0.573 e. The first-order valence-electron chi connectivity index (χ1n) is 12.7. The van der Waals surface area contributed by atoms with Crippen molar-refractivity contribution in [1.29, 1.82) is 0 Å². The third kappa shape index (κ3) is 10.1. The van der Waals surface area contributed by atoms with Gasteiger partial charge in [0.25, 0.3) is 0 Å². The zero-order valence-electron chi connectivity index (χ0n) is 22.3. The van der Waals surface area contributed by atoms with Gasteiger partial charge in [0, 0.05) is 44.0 Å². The number of carbonyl (C=O) groups is 3. The van der Waals surface area contributed by atoms with E-state index in [1.807, 2.05) is 12.1 Å². The van der Waals surface area contributed by atoms with E-state index in [2.05, 4.69) is 44.5 Å². The predicted octanol–water partition coefficient (Wildman–Crippen LogP) is 3.60. The van der Waals surface area contributed by atoms with E-state index in [-0.39, 0.29) is 24.0 Å². The molecule has 16 heteroatoms. The fourth-order valence-corrected chi connectivity index (χ4v) is 4.12. The Morgan fingerprint density at radius 2 is 1.64 bits per heavy atom. The van der Waals surface area contributed by atoms with Crippen LogP contribution < -0.4 is 20.4 Å². The van der Waals surface area contributed by atoms with E-state index in [0.717, 1.165) is 49.6 Å². The van der Waals surface area contributed by atoms with Crippen LogP contribution in [0.25, 0.3) is 0 Å². The molecule has 0 saturated carbocycles. The quantitative estimate of drug-likeness (QED) is 0.429. The van der Waals surface area contributed by atoms with Crippen LogP contribution >= 0.6 is 0 Å². The van der Waals surface area contributed by atoms with E-state index in [1.165, 1.54) is 17.1 Å². The Kier molecular flexibility index (Phi) is 10.6. The van der Waals surface area contributed by atoms with E-state index in [4.69, 9.17) is 9.90 Å². The third-order valence-electron chi connectivity index (χ3n) is 6.29. The minimum absolute atomic E-state index is 0.104. The molecule has 0 aliphatic carbocycles. The average molecular weight is 606 g/mol. The molecule has 4 rings (SSSR count). The number of nitrogens with one attached hydrogen (secondary N) is 2. The van der Waals surface area contributed by atoms with Crippen LogP contribution in [0.1, 0.15) is 18.4 Å². The number of nitrogens with zero attached hydrogens (tertiary/aromatic N) is 3. The fourth-order valence-electron chi connectivity index (χ4n) is 4.12. The van der Waals surface area contributed by atoms with E-state index >= 15 is 0 Å². The van der Waals surface area contributed by atoms with Crippen LogP contribution in [0.4, 0.5) is 37.7 Å². The van der Waals surface area contributed by atoms with Crippen molar-refractivity contribution >= 4 is 29.2 Å². The second kappa shape index (κ2) is 13.7. The highest BCUT2D eigenvalue weighted by Crippen LogP contribution is 2.25. The number of hydrogen-bond donors (Lipinski definition) is 3. The second-order valence-corrected chi connectivity index (χ2v) is 9.52. The lowest BCUT2D eigenvalue weighted by molar-refractivity contribution is -0.274. The van der Waals surface area contributed by atoms with Crippen molar-refractivity contribution in [1.82, 2.24) is 15.3 Å². The van der Waals surface area contributed by atoms with E-state index < -0.39 is 24.5 Å². The molecule has 2 amide bonds. The van der Waals surface area contributed by atoms with Gasteiger partial charge in [-0.2, -0.15) is 13.2 Å². The lowest BCUT2D eigenvalue weighted by Crippen LogP contribution is -2.56. The predicted molar refractivity (Wildman–Crippen MR) is 138 cm³/mol. The maximum absolute atomic E-state index is 12.7. The summed E-state index contributed by atoms with van der Waals surface area (Å²) in [5.41, 5.74) is 5.38. The Morgan fingerprint density at radius 3 is 2.21 bits per heavy atom. The van der Waals surface area contributed by atoms with Crippen molar-refractivity contribution in [2.24, 2.45) is 0 Å². The minimum Gasteiger partial charge on any atom is -0.475 e. The highest BCUT2D eigenvalue weighted by Gasteiger charge is 2.38. The first kappa shape index (κ1) is 32.5. The van der Waals surface area contributed by atoms with Crippen LogP contribution in [0.15, 0.2) is 48.5 Å². The number of ether oxygens (including phenoxy) is 1. The Bertz CT molecular complexity index is 1230. The van der Waals surface area contributed by atoms with Gasteiger partial charge in [-0.05, 0) is 55.4 Å². The molecule has 42 heavy (non-hydrogen) atoms. The molecule has 2 heterocycles. The Morgan fingerprint density at radius 1 is 1.02 bits per heavy atom. The number of hydrogen-bond acceptors (Lipinski definition) is 7. The molecular weight excluding hydrogens is 576 g/mol. The maximum atomic E-state index is 12.7. The summed E-state index contributed by atoms with van der Waals surface area (Å²) in [7, 11) is 2.10. The molecule has 3 N–H and O–H groups in total. The summed E-state index contributed by atoms with van der Waals surface area (Å²) in [6.45, 7) is 4.17. The van der Waals surface area contributed by atoms with Gasteiger partial charge in [0.15, 0.2) is 0 Å². The number of amides is 2. The number of carbonyl (C=O) groups excluding carboxylic acids is 2. The molecule has 2 aromatic rings. The first-order chi connectivity index (χ1) is 19.6. The number of likely N-dealkylation sites (N-methyl/N-ethyl adjacent to an activating group) is 1. The van der Waals surface area contributed by atoms with Crippen LogP contribution in [0.3, 0.4) is 0 Å². The monoisotopic (exact) mass is 605 g/mol. The molecule has 10 nitrogen and oxygen atoms in total. The molecule has 1 unspecified atom stereocenters. The zero-order valence-corrected chi connectivity index (χ0v) is 22.3. The molecule has 0 spiro atoms. The number of hydrazine groups is 1. The summed E-state index contributed by atoms with van der Waals surface area (Å²) in [6, 6.07) is 12.3. The summed E-state index contributed by atoms with van der Waals surface area (Å²) in [5, 5.41) is 11.3. The smallest absolute Gasteiger partial charge is 0.475 e. The van der Waals surface area contributed by atoms with E-state index in [9.17, 15) is 35.9 Å². The van der Waals surface area contributed by atoms with Crippen LogP contribution in [0.2, 0.25) is 0 Å². The molecule has 1 atom stereocenters. The summed E-state index contributed by atoms with van der Waals surface area (Å²) in [4.78, 5) is 38.7. The molecule has 2 aliphatic rings. The number of benzene rings is 2. The number of carboxylic acid groups (broad SMARTS) is 1. The Hall–Kier alpha value is -4.05. The third-order valence-corrected chi connectivity index (χ3v) is 6.29. The number of carboxylic acids is 1. The minimum atomic E-state index is -5.08. The van der Waals surface area contributed by atoms with Crippen molar-refractivity contribution in [3.63, 3.8) is 0 Å². The zero-order chi connectivity index (χ0) is 31.1. The molecule has 230 valence electrons. The van der Waals surface area contributed by atoms with Gasteiger partial charge in [0.2, 0.25) is 11.8 Å². The van der Waals surface area contributed by atoms with Gasteiger partial charge in [-0.25, -0.2) is 10.2 Å². The summed E-state index contributed by atoms with van der Waals surface area (Å²) in [5.74, 6) is -3.61. The van der Waals surface area contributed by atoms with Crippen molar-refractivity contribution in [2.45, 2.75) is 38.0 Å². The normalized spacial score (nSPS) is 18.2. The number of halogens is 6. The SMILES string of the molecule is CN1CCN(c2cccc(CN3NC(C(=O)Nc4ccc(OC(F)(F)F)cc4)CCC3=O)c2)CC1.O=C(O)C(F)(F)F. The summed E-state index contributed by atoms with van der Waals surface area (Å²) < 4.78 is 72.5. The standard InChI is InChI=1S/C24H28F3N5O3.C2HF3O2/c1-30-11-13-31(14-12-30)19-4-2-3-17(15-19)16-32-22(33)10-9-21(29-32)23(34)28-18-5-7-20(8-6-18)35-24(25,26)27;3-2(4,5)1(6)7/h2-8,15,21,29H,9-14,16H2,1H3,(H,28,34);(H,6,7). The van der Waals surface area contributed by atoms with Crippen molar-refractivity contribution in [3.8, 4) is 5.75 Å². The van der Waals surface area contributed by atoms with E-state index in [0.29, 0.717) is 18.7 Å². The van der Waals surface area contributed by atoms with Crippen LogP contribution in [0.5, 0.6) is 5.75 Å². The fraction of sp³-hybridized carbons (Fsp3) is 0.423. The molecular formula is C26H29F6N5O5. The molecule has 2 aliphatic heterocycles. The molecule has 2 aromatic carbocycles. The summed E-state index contributed by atoms with van der Waals surface area (Å²) in [6.07, 6.45) is -9.34. The number of rotatable bonds is 6. The lowest BCUT2D eigenvalue weighted by atomic mass is 10.1. The van der Waals surface area contributed by atoms with Crippen molar-refractivity contribution in [2.75, 3.05) is 43.4 Å². The molecule has 0 radical (unpaired) electrons. The number of piperazine rings is 1. The van der Waals surface area contributed by atoms with Gasteiger partial charge in [-0.15, -0.1) is 13.2 Å². The van der Waals surface area contributed by atoms with Crippen LogP contribution in [0, 0.1) is 0 Å².